The van der Waals surface area contributed by atoms with E-state index in [0.717, 1.165) is 18.9 Å². The van der Waals surface area contributed by atoms with Gasteiger partial charge in [-0.25, -0.2) is 0 Å². The predicted octanol–water partition coefficient (Wildman–Crippen LogP) is 2.85. The lowest BCUT2D eigenvalue weighted by Gasteiger charge is -2.09. The first-order valence-corrected chi connectivity index (χ1v) is 5.69. The van der Waals surface area contributed by atoms with Gasteiger partial charge < -0.3 is 5.73 Å². The van der Waals surface area contributed by atoms with Gasteiger partial charge >= 0.3 is 0 Å². The highest BCUT2D eigenvalue weighted by atomic mass is 14.5. The largest absolute Gasteiger partial charge is 0.330 e. The van der Waals surface area contributed by atoms with E-state index in [1.807, 2.05) is 0 Å². The molecule has 0 radical (unpaired) electrons. The zero-order valence-electron chi connectivity index (χ0n) is 8.71. The highest BCUT2D eigenvalue weighted by Crippen LogP contribution is 2.33. The van der Waals surface area contributed by atoms with E-state index < -0.39 is 0 Å². The van der Waals surface area contributed by atoms with Crippen LogP contribution in [0.1, 0.15) is 42.7 Å². The van der Waals surface area contributed by atoms with Gasteiger partial charge in [0.05, 0.1) is 0 Å². The Labute approximate surface area is 86.3 Å². The second-order valence-corrected chi connectivity index (χ2v) is 4.26. The van der Waals surface area contributed by atoms with Crippen molar-refractivity contribution >= 4 is 0 Å². The molecule has 1 heteroatoms. The summed E-state index contributed by atoms with van der Waals surface area (Å²) in [5.74, 6) is 0.835. The lowest BCUT2D eigenvalue weighted by Crippen LogP contribution is -2.02. The fourth-order valence-corrected chi connectivity index (χ4v) is 2.38. The zero-order valence-corrected chi connectivity index (χ0v) is 8.71. The van der Waals surface area contributed by atoms with E-state index in [9.17, 15) is 0 Å². The van der Waals surface area contributed by atoms with Crippen LogP contribution in [0.2, 0.25) is 0 Å². The molecular formula is C13H19N. The molecule has 1 aliphatic carbocycles. The van der Waals surface area contributed by atoms with Crippen LogP contribution in [0, 0.1) is 0 Å². The topological polar surface area (TPSA) is 26.0 Å². The van der Waals surface area contributed by atoms with Gasteiger partial charge in [0.25, 0.3) is 0 Å². The SMILES string of the molecule is NCCc1ccc(C2CCCC2)cc1. The van der Waals surface area contributed by atoms with Crippen LogP contribution < -0.4 is 5.73 Å². The van der Waals surface area contributed by atoms with E-state index in [1.54, 1.807) is 0 Å². The van der Waals surface area contributed by atoms with E-state index in [4.69, 9.17) is 5.73 Å². The van der Waals surface area contributed by atoms with Crippen molar-refractivity contribution < 1.29 is 0 Å². The third-order valence-electron chi connectivity index (χ3n) is 3.24. The van der Waals surface area contributed by atoms with Crippen molar-refractivity contribution in [1.82, 2.24) is 0 Å². The Morgan fingerprint density at radius 1 is 1.07 bits per heavy atom. The maximum absolute atomic E-state index is 5.52. The van der Waals surface area contributed by atoms with Crippen molar-refractivity contribution in [2.24, 2.45) is 5.73 Å². The molecule has 1 nitrogen and oxygen atoms in total. The first kappa shape index (κ1) is 9.72. The lowest BCUT2D eigenvalue weighted by atomic mass is 9.96. The van der Waals surface area contributed by atoms with Crippen LogP contribution in [0.4, 0.5) is 0 Å². The average molecular weight is 189 g/mol. The fraction of sp³-hybridized carbons (Fsp3) is 0.538. The van der Waals surface area contributed by atoms with Crippen molar-refractivity contribution in [3.8, 4) is 0 Å². The lowest BCUT2D eigenvalue weighted by molar-refractivity contribution is 0.722. The maximum atomic E-state index is 5.52. The van der Waals surface area contributed by atoms with E-state index in [0.29, 0.717) is 0 Å². The molecule has 0 aliphatic heterocycles. The normalized spacial score (nSPS) is 17.5. The molecule has 2 N–H and O–H groups in total. The molecule has 76 valence electrons. The van der Waals surface area contributed by atoms with Crippen LogP contribution in [0.5, 0.6) is 0 Å². The Kier molecular flexibility index (Phi) is 3.20. The highest BCUT2D eigenvalue weighted by molar-refractivity contribution is 5.26. The minimum absolute atomic E-state index is 0.753. The van der Waals surface area contributed by atoms with Gasteiger partial charge in [0.15, 0.2) is 0 Å². The quantitative estimate of drug-likeness (QED) is 0.777. The van der Waals surface area contributed by atoms with Crippen molar-refractivity contribution in [3.63, 3.8) is 0 Å². The molecule has 0 heterocycles. The van der Waals surface area contributed by atoms with E-state index in [1.165, 1.54) is 36.8 Å². The van der Waals surface area contributed by atoms with Crippen molar-refractivity contribution in [3.05, 3.63) is 35.4 Å². The standard InChI is InChI=1S/C13H19N/c14-10-9-11-5-7-13(8-6-11)12-3-1-2-4-12/h5-8,12H,1-4,9-10,14H2. The molecule has 2 rings (SSSR count). The van der Waals surface area contributed by atoms with Gasteiger partial charge in [0.2, 0.25) is 0 Å². The summed E-state index contributed by atoms with van der Waals surface area (Å²) in [5.41, 5.74) is 8.42. The first-order chi connectivity index (χ1) is 6.90. The average Bonchev–Trinajstić information content (AvgIpc) is 2.72. The Morgan fingerprint density at radius 2 is 1.71 bits per heavy atom. The maximum Gasteiger partial charge on any atom is -0.00367 e. The molecule has 1 saturated carbocycles. The first-order valence-electron chi connectivity index (χ1n) is 5.69. The predicted molar refractivity (Wildman–Crippen MR) is 60.4 cm³/mol. The third kappa shape index (κ3) is 2.16. The summed E-state index contributed by atoms with van der Waals surface area (Å²) in [5, 5.41) is 0. The van der Waals surface area contributed by atoms with Gasteiger partial charge in [-0.3, -0.25) is 0 Å². The number of benzene rings is 1. The van der Waals surface area contributed by atoms with Crippen LogP contribution in [-0.2, 0) is 6.42 Å². The summed E-state index contributed by atoms with van der Waals surface area (Å²) >= 11 is 0. The Balaban J connectivity index is 2.05. The molecule has 0 unspecified atom stereocenters. The fourth-order valence-electron chi connectivity index (χ4n) is 2.38. The van der Waals surface area contributed by atoms with Crippen LogP contribution in [0.3, 0.4) is 0 Å². The van der Waals surface area contributed by atoms with Crippen LogP contribution in [0.25, 0.3) is 0 Å². The molecule has 0 spiro atoms. The third-order valence-corrected chi connectivity index (χ3v) is 3.24. The zero-order chi connectivity index (χ0) is 9.80. The molecule has 1 aromatic carbocycles. The van der Waals surface area contributed by atoms with Gasteiger partial charge in [-0.05, 0) is 42.9 Å². The molecule has 0 aromatic heterocycles. The molecule has 14 heavy (non-hydrogen) atoms. The minimum atomic E-state index is 0.753. The number of nitrogens with two attached hydrogens (primary N) is 1. The summed E-state index contributed by atoms with van der Waals surface area (Å²) in [6, 6.07) is 9.06. The van der Waals surface area contributed by atoms with E-state index in [-0.39, 0.29) is 0 Å². The highest BCUT2D eigenvalue weighted by Gasteiger charge is 2.16. The second-order valence-electron chi connectivity index (χ2n) is 4.26. The Hall–Kier alpha value is -0.820. The van der Waals surface area contributed by atoms with Gasteiger partial charge in [0, 0.05) is 0 Å². The number of hydrogen-bond donors (Lipinski definition) is 1. The van der Waals surface area contributed by atoms with Crippen LogP contribution >= 0.6 is 0 Å². The monoisotopic (exact) mass is 189 g/mol. The summed E-state index contributed by atoms with van der Waals surface area (Å²) in [6.07, 6.45) is 6.60. The summed E-state index contributed by atoms with van der Waals surface area (Å²) in [7, 11) is 0. The number of rotatable bonds is 3. The summed E-state index contributed by atoms with van der Waals surface area (Å²) < 4.78 is 0. The minimum Gasteiger partial charge on any atom is -0.330 e. The van der Waals surface area contributed by atoms with Gasteiger partial charge in [0.1, 0.15) is 0 Å². The smallest absolute Gasteiger partial charge is 0.00367 e. The van der Waals surface area contributed by atoms with Crippen LogP contribution in [0.15, 0.2) is 24.3 Å². The Bertz CT molecular complexity index is 270. The molecule has 0 amide bonds. The molecule has 0 atom stereocenters. The molecule has 1 aliphatic rings. The van der Waals surface area contributed by atoms with E-state index >= 15 is 0 Å². The van der Waals surface area contributed by atoms with Crippen molar-refractivity contribution in [2.45, 2.75) is 38.0 Å². The molecule has 1 aromatic rings. The molecular weight excluding hydrogens is 170 g/mol. The Morgan fingerprint density at radius 3 is 2.29 bits per heavy atom. The van der Waals surface area contributed by atoms with Gasteiger partial charge in [-0.2, -0.15) is 0 Å². The van der Waals surface area contributed by atoms with Crippen molar-refractivity contribution in [1.29, 1.82) is 0 Å². The molecule has 0 saturated heterocycles. The summed E-state index contributed by atoms with van der Waals surface area (Å²) in [4.78, 5) is 0. The van der Waals surface area contributed by atoms with E-state index in [2.05, 4.69) is 24.3 Å². The second kappa shape index (κ2) is 4.61. The van der Waals surface area contributed by atoms with Crippen molar-refractivity contribution in [2.75, 3.05) is 6.54 Å². The van der Waals surface area contributed by atoms with Crippen LogP contribution in [-0.4, -0.2) is 6.54 Å². The number of hydrogen-bond acceptors (Lipinski definition) is 1. The van der Waals surface area contributed by atoms with Gasteiger partial charge in [-0.15, -0.1) is 0 Å². The molecule has 1 fully saturated rings. The van der Waals surface area contributed by atoms with Gasteiger partial charge in [-0.1, -0.05) is 37.1 Å². The molecule has 0 bridgehead atoms. The summed E-state index contributed by atoms with van der Waals surface area (Å²) in [6.45, 7) is 0.753.